The molecule has 0 spiro atoms. The molecule has 0 aliphatic carbocycles. The van der Waals surface area contributed by atoms with Crippen LogP contribution in [-0.4, -0.2) is 24.0 Å². The fraction of sp³-hybridized carbons (Fsp3) is 0.500. The second kappa shape index (κ2) is 6.28. The topological polar surface area (TPSA) is 32.3 Å². The highest BCUT2D eigenvalue weighted by atomic mass is 16.2. The number of amides is 2. The van der Waals surface area contributed by atoms with E-state index in [0.717, 1.165) is 18.7 Å². The van der Waals surface area contributed by atoms with Crippen molar-refractivity contribution in [1.82, 2.24) is 10.2 Å². The number of hydrogen-bond acceptors (Lipinski definition) is 1. The molecule has 1 atom stereocenters. The van der Waals surface area contributed by atoms with Crippen molar-refractivity contribution in [2.45, 2.75) is 33.7 Å². The molecule has 0 aliphatic rings. The van der Waals surface area contributed by atoms with Crippen molar-refractivity contribution in [3.8, 4) is 0 Å². The molecule has 3 nitrogen and oxygen atoms in total. The van der Waals surface area contributed by atoms with E-state index in [-0.39, 0.29) is 12.1 Å². The molecule has 1 rings (SSSR count). The zero-order valence-corrected chi connectivity index (χ0v) is 11.2. The smallest absolute Gasteiger partial charge is 0.317 e. The van der Waals surface area contributed by atoms with Crippen LogP contribution >= 0.6 is 0 Å². The number of carbonyl (C=O) groups is 1. The predicted molar refractivity (Wildman–Crippen MR) is 71.0 cm³/mol. The number of urea groups is 1. The van der Waals surface area contributed by atoms with Gasteiger partial charge in [0.15, 0.2) is 0 Å². The zero-order chi connectivity index (χ0) is 12.8. The fourth-order valence-electron chi connectivity index (χ4n) is 1.73. The number of carbonyl (C=O) groups excluding carboxylic acids is 1. The van der Waals surface area contributed by atoms with E-state index < -0.39 is 0 Å². The average molecular weight is 234 g/mol. The molecule has 94 valence electrons. The lowest BCUT2D eigenvalue weighted by Crippen LogP contribution is -2.40. The van der Waals surface area contributed by atoms with Gasteiger partial charge in [0.1, 0.15) is 0 Å². The van der Waals surface area contributed by atoms with Crippen LogP contribution in [-0.2, 0) is 0 Å². The summed E-state index contributed by atoms with van der Waals surface area (Å²) in [6.07, 6.45) is 0. The van der Waals surface area contributed by atoms with Crippen molar-refractivity contribution in [2.75, 3.05) is 13.1 Å². The quantitative estimate of drug-likeness (QED) is 0.853. The summed E-state index contributed by atoms with van der Waals surface area (Å²) >= 11 is 0. The van der Waals surface area contributed by atoms with Crippen molar-refractivity contribution in [3.63, 3.8) is 0 Å². The van der Waals surface area contributed by atoms with Gasteiger partial charge >= 0.3 is 6.03 Å². The summed E-state index contributed by atoms with van der Waals surface area (Å²) in [4.78, 5) is 13.7. The van der Waals surface area contributed by atoms with E-state index in [4.69, 9.17) is 0 Å². The summed E-state index contributed by atoms with van der Waals surface area (Å²) in [5.41, 5.74) is 2.37. The molecule has 1 unspecified atom stereocenters. The third-order valence-corrected chi connectivity index (χ3v) is 2.97. The molecule has 0 aliphatic heterocycles. The monoisotopic (exact) mass is 234 g/mol. The standard InChI is InChI=1S/C14H22N2O/c1-5-16(6-2)14(17)15-12(4)13-9-7-11(3)8-10-13/h7-10,12H,5-6H2,1-4H3,(H,15,17). The molecule has 0 bridgehead atoms. The SMILES string of the molecule is CCN(CC)C(=O)NC(C)c1ccc(C)cc1. The van der Waals surface area contributed by atoms with Crippen LogP contribution in [0.25, 0.3) is 0 Å². The van der Waals surface area contributed by atoms with Crippen molar-refractivity contribution < 1.29 is 4.79 Å². The first-order chi connectivity index (χ1) is 8.08. The second-order valence-corrected chi connectivity index (χ2v) is 4.25. The summed E-state index contributed by atoms with van der Waals surface area (Å²) in [5.74, 6) is 0. The van der Waals surface area contributed by atoms with Crippen LogP contribution in [0.5, 0.6) is 0 Å². The van der Waals surface area contributed by atoms with Gasteiger partial charge in [-0.15, -0.1) is 0 Å². The zero-order valence-electron chi connectivity index (χ0n) is 11.2. The molecule has 2 amide bonds. The third kappa shape index (κ3) is 3.77. The van der Waals surface area contributed by atoms with Gasteiger partial charge in [0.25, 0.3) is 0 Å². The van der Waals surface area contributed by atoms with E-state index in [1.165, 1.54) is 5.56 Å². The normalized spacial score (nSPS) is 12.0. The molecule has 17 heavy (non-hydrogen) atoms. The lowest BCUT2D eigenvalue weighted by atomic mass is 10.1. The minimum atomic E-state index is 0.00285. The summed E-state index contributed by atoms with van der Waals surface area (Å²) in [6.45, 7) is 9.51. The second-order valence-electron chi connectivity index (χ2n) is 4.25. The Morgan fingerprint density at radius 1 is 1.24 bits per heavy atom. The van der Waals surface area contributed by atoms with E-state index in [1.807, 2.05) is 20.8 Å². The predicted octanol–water partition coefficient (Wildman–Crippen LogP) is 3.11. The van der Waals surface area contributed by atoms with Gasteiger partial charge in [-0.3, -0.25) is 0 Å². The fourth-order valence-corrected chi connectivity index (χ4v) is 1.73. The van der Waals surface area contributed by atoms with Crippen LogP contribution in [0, 0.1) is 6.92 Å². The first kappa shape index (κ1) is 13.6. The Kier molecular flexibility index (Phi) is 5.01. The largest absolute Gasteiger partial charge is 0.331 e. The molecule has 0 saturated carbocycles. The van der Waals surface area contributed by atoms with Crippen molar-refractivity contribution >= 4 is 6.03 Å². The number of rotatable bonds is 4. The maximum atomic E-state index is 11.9. The Morgan fingerprint density at radius 2 is 1.76 bits per heavy atom. The highest BCUT2D eigenvalue weighted by Gasteiger charge is 2.13. The van der Waals surface area contributed by atoms with Gasteiger partial charge in [0.05, 0.1) is 6.04 Å². The van der Waals surface area contributed by atoms with Crippen LogP contribution in [0.4, 0.5) is 4.79 Å². The molecule has 0 aromatic heterocycles. The first-order valence-electron chi connectivity index (χ1n) is 6.20. The summed E-state index contributed by atoms with van der Waals surface area (Å²) in [6, 6.07) is 8.29. The maximum Gasteiger partial charge on any atom is 0.317 e. The van der Waals surface area contributed by atoms with Crippen molar-refractivity contribution in [1.29, 1.82) is 0 Å². The van der Waals surface area contributed by atoms with E-state index in [1.54, 1.807) is 4.90 Å². The number of hydrogen-bond donors (Lipinski definition) is 1. The summed E-state index contributed by atoms with van der Waals surface area (Å²) in [5, 5.41) is 3.00. The Balaban J connectivity index is 2.62. The third-order valence-electron chi connectivity index (χ3n) is 2.97. The molecule has 0 fully saturated rings. The summed E-state index contributed by atoms with van der Waals surface area (Å²) in [7, 11) is 0. The van der Waals surface area contributed by atoms with Crippen LogP contribution < -0.4 is 5.32 Å². The molecule has 0 saturated heterocycles. The minimum absolute atomic E-state index is 0.00285. The minimum Gasteiger partial charge on any atom is -0.331 e. The van der Waals surface area contributed by atoms with Crippen molar-refractivity contribution in [2.24, 2.45) is 0 Å². The number of nitrogens with zero attached hydrogens (tertiary/aromatic N) is 1. The van der Waals surface area contributed by atoms with E-state index in [2.05, 4.69) is 36.5 Å². The van der Waals surface area contributed by atoms with Crippen LogP contribution in [0.2, 0.25) is 0 Å². The number of benzene rings is 1. The lowest BCUT2D eigenvalue weighted by Gasteiger charge is -2.22. The average Bonchev–Trinajstić information content (AvgIpc) is 2.31. The number of aryl methyl sites for hydroxylation is 1. The van der Waals surface area contributed by atoms with E-state index >= 15 is 0 Å². The molecule has 1 N–H and O–H groups in total. The Labute approximate surface area is 104 Å². The molecule has 0 heterocycles. The molecular formula is C14H22N2O. The van der Waals surface area contributed by atoms with Gasteiger partial charge < -0.3 is 10.2 Å². The molecule has 1 aromatic rings. The Hall–Kier alpha value is -1.51. The van der Waals surface area contributed by atoms with Crippen LogP contribution in [0.15, 0.2) is 24.3 Å². The molecule has 3 heteroatoms. The Bertz CT molecular complexity index is 355. The maximum absolute atomic E-state index is 11.9. The first-order valence-corrected chi connectivity index (χ1v) is 6.20. The van der Waals surface area contributed by atoms with Crippen molar-refractivity contribution in [3.05, 3.63) is 35.4 Å². The van der Waals surface area contributed by atoms with Gasteiger partial charge in [-0.25, -0.2) is 4.79 Å². The van der Waals surface area contributed by atoms with Gasteiger partial charge in [-0.2, -0.15) is 0 Å². The number of nitrogens with one attached hydrogen (secondary N) is 1. The molecule has 0 radical (unpaired) electrons. The van der Waals surface area contributed by atoms with Gasteiger partial charge in [-0.05, 0) is 33.3 Å². The van der Waals surface area contributed by atoms with Crippen LogP contribution in [0.1, 0.15) is 37.9 Å². The van der Waals surface area contributed by atoms with E-state index in [0.29, 0.717) is 0 Å². The van der Waals surface area contributed by atoms with E-state index in [9.17, 15) is 4.79 Å². The molecule has 1 aromatic carbocycles. The van der Waals surface area contributed by atoms with Gasteiger partial charge in [-0.1, -0.05) is 29.8 Å². The van der Waals surface area contributed by atoms with Gasteiger partial charge in [0.2, 0.25) is 0 Å². The van der Waals surface area contributed by atoms with Gasteiger partial charge in [0, 0.05) is 13.1 Å². The Morgan fingerprint density at radius 3 is 2.24 bits per heavy atom. The summed E-state index contributed by atoms with van der Waals surface area (Å²) < 4.78 is 0. The highest BCUT2D eigenvalue weighted by molar-refractivity contribution is 5.74. The lowest BCUT2D eigenvalue weighted by molar-refractivity contribution is 0.200. The van der Waals surface area contributed by atoms with Crippen LogP contribution in [0.3, 0.4) is 0 Å². The molecular weight excluding hydrogens is 212 g/mol. The highest BCUT2D eigenvalue weighted by Crippen LogP contribution is 2.13.